The molecule has 3 atom stereocenters. The number of piperidine rings is 1. The van der Waals surface area contributed by atoms with Crippen LogP contribution in [0, 0.1) is 5.92 Å². The van der Waals surface area contributed by atoms with Crippen LogP contribution in [-0.4, -0.2) is 75.4 Å². The van der Waals surface area contributed by atoms with Crippen LogP contribution in [0.2, 0.25) is 5.02 Å². The maximum Gasteiger partial charge on any atom is 0.299 e. The number of anilines is 1. The smallest absolute Gasteiger partial charge is 0.299 e. The molecule has 0 spiro atoms. The summed E-state index contributed by atoms with van der Waals surface area (Å²) in [6.07, 6.45) is 3.20. The molecule has 45 heavy (non-hydrogen) atoms. The van der Waals surface area contributed by atoms with Crippen LogP contribution in [-0.2, 0) is 31.1 Å². The highest BCUT2D eigenvalue weighted by molar-refractivity contribution is 7.90. The number of nitrogens with zero attached hydrogens (tertiary/aromatic N) is 1. The average molecular weight is 663 g/mol. The number of nitrogens with one attached hydrogen (secondary N) is 5. The van der Waals surface area contributed by atoms with E-state index in [1.54, 1.807) is 48.5 Å². The zero-order valence-corrected chi connectivity index (χ0v) is 27.3. The Labute approximate surface area is 270 Å². The van der Waals surface area contributed by atoms with Crippen LogP contribution in [0.4, 0.5) is 5.69 Å². The molecule has 14 heteroatoms. The molecule has 2 aliphatic rings. The van der Waals surface area contributed by atoms with E-state index in [4.69, 9.17) is 16.3 Å². The summed E-state index contributed by atoms with van der Waals surface area (Å²) in [5, 5.41) is 9.53. The van der Waals surface area contributed by atoms with Crippen molar-refractivity contribution in [1.29, 1.82) is 0 Å². The molecule has 0 aromatic heterocycles. The van der Waals surface area contributed by atoms with E-state index < -0.39 is 28.2 Å². The van der Waals surface area contributed by atoms with Crippen LogP contribution in [0.25, 0.3) is 0 Å². The zero-order chi connectivity index (χ0) is 32.4. The number of ether oxygens (including phenoxy) is 1. The molecular weight excluding hydrogens is 620 g/mol. The van der Waals surface area contributed by atoms with Crippen LogP contribution < -0.4 is 30.1 Å². The van der Waals surface area contributed by atoms with Crippen molar-refractivity contribution in [3.63, 3.8) is 0 Å². The second kappa shape index (κ2) is 16.3. The van der Waals surface area contributed by atoms with E-state index >= 15 is 0 Å². The Kier molecular flexibility index (Phi) is 12.5. The van der Waals surface area contributed by atoms with Crippen molar-refractivity contribution in [1.82, 2.24) is 25.6 Å². The van der Waals surface area contributed by atoms with Gasteiger partial charge in [-0.25, -0.2) is 0 Å². The molecule has 246 valence electrons. The highest BCUT2D eigenvalue weighted by Gasteiger charge is 2.38. The molecule has 0 saturated carbocycles. The van der Waals surface area contributed by atoms with Gasteiger partial charge < -0.3 is 25.6 Å². The van der Waals surface area contributed by atoms with Crippen molar-refractivity contribution in [3.8, 4) is 5.75 Å². The molecular formula is C31H43ClN6O6S. The highest BCUT2D eigenvalue weighted by atomic mass is 35.5. The van der Waals surface area contributed by atoms with Gasteiger partial charge in [-0.15, -0.1) is 0 Å². The summed E-state index contributed by atoms with van der Waals surface area (Å²) in [4.78, 5) is 41.0. The number of likely N-dealkylation sites (tertiary alicyclic amines) is 1. The number of carbonyl (C=O) groups is 3. The Bertz CT molecular complexity index is 1420. The molecule has 1 unspecified atom stereocenters. The summed E-state index contributed by atoms with van der Waals surface area (Å²) in [6.45, 7) is 5.67. The fourth-order valence-corrected chi connectivity index (χ4v) is 6.84. The number of benzene rings is 2. The van der Waals surface area contributed by atoms with Gasteiger partial charge in [-0.05, 0) is 74.9 Å². The molecule has 0 bridgehead atoms. The summed E-state index contributed by atoms with van der Waals surface area (Å²) >= 11 is 6.23. The second-order valence-electron chi connectivity index (χ2n) is 11.8. The predicted octanol–water partition coefficient (Wildman–Crippen LogP) is 2.56. The molecule has 2 heterocycles. The first-order chi connectivity index (χ1) is 21.5. The van der Waals surface area contributed by atoms with Gasteiger partial charge in [-0.2, -0.15) is 13.1 Å². The maximum absolute atomic E-state index is 13.7. The number of para-hydroxylation sites is 1. The van der Waals surface area contributed by atoms with Crippen LogP contribution >= 0.6 is 11.6 Å². The van der Waals surface area contributed by atoms with E-state index in [9.17, 15) is 22.8 Å². The normalized spacial score (nSPS) is 19.2. The first-order valence-electron chi connectivity index (χ1n) is 15.4. The molecule has 2 aromatic carbocycles. The topological polar surface area (TPSA) is 158 Å². The number of hydrogen-bond donors (Lipinski definition) is 5. The molecule has 5 N–H and O–H groups in total. The molecule has 0 aliphatic carbocycles. The van der Waals surface area contributed by atoms with E-state index in [2.05, 4.69) is 25.4 Å². The third-order valence-electron chi connectivity index (χ3n) is 7.66. The summed E-state index contributed by atoms with van der Waals surface area (Å²) in [6, 6.07) is 11.6. The number of hydrogen-bond acceptors (Lipinski definition) is 7. The van der Waals surface area contributed by atoms with Crippen LogP contribution in [0.3, 0.4) is 0 Å². The molecule has 2 aliphatic heterocycles. The van der Waals surface area contributed by atoms with Crippen molar-refractivity contribution in [2.75, 3.05) is 31.0 Å². The Balaban J connectivity index is 1.37. The van der Waals surface area contributed by atoms with E-state index in [0.717, 1.165) is 25.9 Å². The summed E-state index contributed by atoms with van der Waals surface area (Å²) in [5.74, 6) is -0.642. The van der Waals surface area contributed by atoms with E-state index in [0.29, 0.717) is 41.4 Å². The minimum Gasteiger partial charge on any atom is -0.483 e. The highest BCUT2D eigenvalue weighted by Crippen LogP contribution is 2.25. The van der Waals surface area contributed by atoms with E-state index in [1.165, 1.54) is 4.90 Å². The standard InChI is InChI=1S/C31H43ClN6O6S/c1-21(2)16-26(37-45(42,43)36-24-8-4-3-5-9-24)31(41)38-15-7-11-27(38)30(40)34-18-22-17-23(32)12-13-28(22)44-20-29(39)35-25-10-6-14-33-19-25/h3-5,8-9,12-13,17,21,25-27,33,36-37H,6-7,10-11,14-16,18-20H2,1-2H3,(H,34,40)(H,35,39)/t25?,26-,27-/m0/s1. The van der Waals surface area contributed by atoms with Crippen LogP contribution in [0.15, 0.2) is 48.5 Å². The Morgan fingerprint density at radius 1 is 1.09 bits per heavy atom. The van der Waals surface area contributed by atoms with Gasteiger partial charge in [0.15, 0.2) is 6.61 Å². The van der Waals surface area contributed by atoms with Crippen molar-refractivity contribution < 1.29 is 27.5 Å². The second-order valence-corrected chi connectivity index (χ2v) is 13.7. The minimum atomic E-state index is -4.07. The van der Waals surface area contributed by atoms with E-state index in [-0.39, 0.29) is 43.3 Å². The Hall–Kier alpha value is -3.39. The Morgan fingerprint density at radius 2 is 1.87 bits per heavy atom. The lowest BCUT2D eigenvalue weighted by Crippen LogP contribution is -2.54. The van der Waals surface area contributed by atoms with Gasteiger partial charge in [0.25, 0.3) is 16.1 Å². The summed E-state index contributed by atoms with van der Waals surface area (Å²) in [7, 11) is -4.07. The fourth-order valence-electron chi connectivity index (χ4n) is 5.57. The van der Waals surface area contributed by atoms with Crippen LogP contribution in [0.1, 0.15) is 51.5 Å². The zero-order valence-electron chi connectivity index (χ0n) is 25.7. The van der Waals surface area contributed by atoms with Gasteiger partial charge in [-0.3, -0.25) is 19.1 Å². The minimum absolute atomic E-state index is 0.0101. The lowest BCUT2D eigenvalue weighted by Gasteiger charge is -2.29. The third-order valence-corrected chi connectivity index (χ3v) is 9.00. The summed E-state index contributed by atoms with van der Waals surface area (Å²) in [5.41, 5.74) is 0.946. The van der Waals surface area contributed by atoms with Gasteiger partial charge in [0, 0.05) is 41.9 Å². The number of carbonyl (C=O) groups excluding carboxylic acids is 3. The SMILES string of the molecule is CC(C)C[C@H](NS(=O)(=O)Nc1ccccc1)C(=O)N1CCC[C@H]1C(=O)NCc1cc(Cl)ccc1OCC(=O)NC1CCCNC1. The lowest BCUT2D eigenvalue weighted by atomic mass is 10.0. The molecule has 2 aromatic rings. The summed E-state index contributed by atoms with van der Waals surface area (Å²) < 4.78 is 36.6. The third kappa shape index (κ3) is 10.6. The average Bonchev–Trinajstić information content (AvgIpc) is 3.49. The first-order valence-corrected chi connectivity index (χ1v) is 17.2. The Morgan fingerprint density at radius 3 is 2.58 bits per heavy atom. The van der Waals surface area contributed by atoms with Gasteiger partial charge in [-0.1, -0.05) is 43.6 Å². The van der Waals surface area contributed by atoms with Crippen molar-refractivity contribution in [2.45, 2.75) is 70.6 Å². The van der Waals surface area contributed by atoms with Gasteiger partial charge in [0.1, 0.15) is 17.8 Å². The lowest BCUT2D eigenvalue weighted by molar-refractivity contribution is -0.140. The first kappa shape index (κ1) is 34.5. The van der Waals surface area contributed by atoms with E-state index in [1.807, 2.05) is 13.8 Å². The van der Waals surface area contributed by atoms with Crippen molar-refractivity contribution in [3.05, 3.63) is 59.1 Å². The van der Waals surface area contributed by atoms with Crippen molar-refractivity contribution >= 4 is 45.2 Å². The van der Waals surface area contributed by atoms with Crippen LogP contribution in [0.5, 0.6) is 5.75 Å². The molecule has 3 amide bonds. The van der Waals surface area contributed by atoms with Gasteiger partial charge in [0.05, 0.1) is 0 Å². The number of rotatable bonds is 14. The number of amides is 3. The monoisotopic (exact) mass is 662 g/mol. The quantitative estimate of drug-likeness (QED) is 0.208. The maximum atomic E-state index is 13.7. The molecule has 12 nitrogen and oxygen atoms in total. The van der Waals surface area contributed by atoms with Gasteiger partial charge in [0.2, 0.25) is 11.8 Å². The molecule has 2 saturated heterocycles. The van der Waals surface area contributed by atoms with Crippen molar-refractivity contribution in [2.24, 2.45) is 5.92 Å². The largest absolute Gasteiger partial charge is 0.483 e. The predicted molar refractivity (Wildman–Crippen MR) is 173 cm³/mol. The molecule has 2 fully saturated rings. The van der Waals surface area contributed by atoms with Gasteiger partial charge >= 0.3 is 0 Å². The molecule has 4 rings (SSSR count). The molecule has 0 radical (unpaired) electrons. The fraction of sp³-hybridized carbons (Fsp3) is 0.516. The number of halogens is 1.